The number of nitrogens with one attached hydrogen (secondary N) is 1. The Balaban J connectivity index is 1.53. The van der Waals surface area contributed by atoms with Crippen molar-refractivity contribution in [3.05, 3.63) is 53.1 Å². The molecule has 6 heteroatoms. The first kappa shape index (κ1) is 20.5. The Morgan fingerprint density at radius 3 is 2.60 bits per heavy atom. The molecule has 2 heterocycles. The smallest absolute Gasteiger partial charge is 0.224 e. The summed E-state index contributed by atoms with van der Waals surface area (Å²) < 4.78 is 22.6. The molecule has 0 aliphatic carbocycles. The van der Waals surface area contributed by atoms with Gasteiger partial charge in [0.1, 0.15) is 11.4 Å². The van der Waals surface area contributed by atoms with Crippen molar-refractivity contribution in [2.24, 2.45) is 0 Å². The number of rotatable bonds is 5. The van der Waals surface area contributed by atoms with E-state index in [2.05, 4.69) is 24.4 Å². The SMILES string of the molecule is COc1ccc(CC(=O)NC2CC3(CCOCC3)Oc3ccc(C)cc32)cc1OC. The fourth-order valence-corrected chi connectivity index (χ4v) is 4.39. The fourth-order valence-electron chi connectivity index (χ4n) is 4.39. The Hall–Kier alpha value is -2.73. The number of hydrogen-bond acceptors (Lipinski definition) is 5. The van der Waals surface area contributed by atoms with Crippen LogP contribution in [0.1, 0.15) is 42.0 Å². The van der Waals surface area contributed by atoms with E-state index in [-0.39, 0.29) is 24.0 Å². The quantitative estimate of drug-likeness (QED) is 0.812. The third-order valence-electron chi connectivity index (χ3n) is 6.00. The molecule has 0 aromatic heterocycles. The first-order valence-corrected chi connectivity index (χ1v) is 10.4. The maximum Gasteiger partial charge on any atom is 0.224 e. The minimum atomic E-state index is -0.276. The summed E-state index contributed by atoms with van der Waals surface area (Å²) in [4.78, 5) is 13.0. The van der Waals surface area contributed by atoms with Crippen molar-refractivity contribution in [3.63, 3.8) is 0 Å². The summed E-state index contributed by atoms with van der Waals surface area (Å²) in [5, 5.41) is 3.26. The Morgan fingerprint density at radius 1 is 1.10 bits per heavy atom. The van der Waals surface area contributed by atoms with E-state index in [0.717, 1.165) is 41.7 Å². The number of carbonyl (C=O) groups is 1. The van der Waals surface area contributed by atoms with Crippen LogP contribution in [-0.4, -0.2) is 38.9 Å². The van der Waals surface area contributed by atoms with Crippen LogP contribution in [-0.2, 0) is 16.0 Å². The second-order valence-corrected chi connectivity index (χ2v) is 8.13. The van der Waals surface area contributed by atoms with Crippen LogP contribution in [0.3, 0.4) is 0 Å². The number of amides is 1. The van der Waals surface area contributed by atoms with Gasteiger partial charge in [-0.25, -0.2) is 0 Å². The van der Waals surface area contributed by atoms with E-state index in [9.17, 15) is 4.79 Å². The molecule has 0 bridgehead atoms. The van der Waals surface area contributed by atoms with Gasteiger partial charge < -0.3 is 24.3 Å². The molecule has 0 saturated carbocycles. The molecular weight excluding hydrogens is 382 g/mol. The van der Waals surface area contributed by atoms with Crippen LogP contribution in [0.25, 0.3) is 0 Å². The Bertz CT molecular complexity index is 920. The highest BCUT2D eigenvalue weighted by Gasteiger charge is 2.42. The third-order valence-corrected chi connectivity index (χ3v) is 6.00. The number of aryl methyl sites for hydroxylation is 1. The highest BCUT2D eigenvalue weighted by Crippen LogP contribution is 2.44. The van der Waals surface area contributed by atoms with Crippen LogP contribution >= 0.6 is 0 Å². The zero-order chi connectivity index (χ0) is 21.1. The summed E-state index contributed by atoms with van der Waals surface area (Å²) >= 11 is 0. The van der Waals surface area contributed by atoms with Crippen molar-refractivity contribution in [3.8, 4) is 17.2 Å². The molecule has 6 nitrogen and oxygen atoms in total. The van der Waals surface area contributed by atoms with Crippen LogP contribution in [0, 0.1) is 6.92 Å². The van der Waals surface area contributed by atoms with Crippen LogP contribution in [0.5, 0.6) is 17.2 Å². The molecule has 30 heavy (non-hydrogen) atoms. The minimum Gasteiger partial charge on any atom is -0.493 e. The molecule has 1 unspecified atom stereocenters. The van der Waals surface area contributed by atoms with E-state index in [1.165, 1.54) is 0 Å². The molecule has 1 N–H and O–H groups in total. The summed E-state index contributed by atoms with van der Waals surface area (Å²) in [6.45, 7) is 3.43. The van der Waals surface area contributed by atoms with Crippen molar-refractivity contribution < 1.29 is 23.7 Å². The van der Waals surface area contributed by atoms with Gasteiger partial charge in [-0.3, -0.25) is 4.79 Å². The lowest BCUT2D eigenvalue weighted by Crippen LogP contribution is -2.48. The molecule has 4 rings (SSSR count). The van der Waals surface area contributed by atoms with E-state index in [0.29, 0.717) is 24.7 Å². The van der Waals surface area contributed by atoms with Crippen molar-refractivity contribution in [2.45, 2.75) is 44.2 Å². The predicted molar refractivity (Wildman–Crippen MR) is 113 cm³/mol. The molecule has 0 radical (unpaired) electrons. The summed E-state index contributed by atoms with van der Waals surface area (Å²) in [7, 11) is 3.19. The Kier molecular flexibility index (Phi) is 5.86. The summed E-state index contributed by atoms with van der Waals surface area (Å²) in [5.41, 5.74) is 2.80. The lowest BCUT2D eigenvalue weighted by atomic mass is 9.81. The van der Waals surface area contributed by atoms with Gasteiger partial charge >= 0.3 is 0 Å². The average molecular weight is 411 g/mol. The van der Waals surface area contributed by atoms with Crippen molar-refractivity contribution in [2.75, 3.05) is 27.4 Å². The van der Waals surface area contributed by atoms with E-state index < -0.39 is 0 Å². The number of hydrogen-bond donors (Lipinski definition) is 1. The monoisotopic (exact) mass is 411 g/mol. The number of fused-ring (bicyclic) bond motifs is 1. The second-order valence-electron chi connectivity index (χ2n) is 8.13. The molecular formula is C24H29NO5. The molecule has 2 aliphatic heterocycles. The number of benzene rings is 2. The molecule has 1 atom stereocenters. The number of ether oxygens (including phenoxy) is 4. The van der Waals surface area contributed by atoms with Gasteiger partial charge in [-0.05, 0) is 30.7 Å². The largest absolute Gasteiger partial charge is 0.493 e. The maximum absolute atomic E-state index is 13.0. The molecule has 1 fully saturated rings. The standard InChI is InChI=1S/C24H29NO5/c1-16-4-6-20-18(12-16)19(15-24(30-20)8-10-29-11-9-24)25-23(26)14-17-5-7-21(27-2)22(13-17)28-3/h4-7,12-13,19H,8-11,14-15H2,1-3H3,(H,25,26). The topological polar surface area (TPSA) is 66.0 Å². The van der Waals surface area contributed by atoms with Crippen molar-refractivity contribution in [1.29, 1.82) is 0 Å². The first-order chi connectivity index (χ1) is 14.5. The van der Waals surface area contributed by atoms with Crippen LogP contribution < -0.4 is 19.5 Å². The van der Waals surface area contributed by atoms with Gasteiger partial charge in [-0.1, -0.05) is 23.8 Å². The van der Waals surface area contributed by atoms with Crippen LogP contribution in [0.15, 0.2) is 36.4 Å². The molecule has 160 valence electrons. The molecule has 2 aliphatic rings. The number of methoxy groups -OCH3 is 2. The highest BCUT2D eigenvalue weighted by molar-refractivity contribution is 5.79. The van der Waals surface area contributed by atoms with Gasteiger partial charge in [0.15, 0.2) is 11.5 Å². The van der Waals surface area contributed by atoms with E-state index in [1.807, 2.05) is 24.3 Å². The molecule has 1 spiro atoms. The average Bonchev–Trinajstić information content (AvgIpc) is 2.74. The molecule has 2 aromatic rings. The van der Waals surface area contributed by atoms with E-state index >= 15 is 0 Å². The lowest BCUT2D eigenvalue weighted by molar-refractivity contribution is -0.122. The van der Waals surface area contributed by atoms with Gasteiger partial charge in [0.25, 0.3) is 0 Å². The zero-order valence-electron chi connectivity index (χ0n) is 17.8. The molecule has 1 amide bonds. The van der Waals surface area contributed by atoms with Gasteiger partial charge in [0, 0.05) is 24.8 Å². The van der Waals surface area contributed by atoms with E-state index in [4.69, 9.17) is 18.9 Å². The summed E-state index contributed by atoms with van der Waals surface area (Å²) in [6.07, 6.45) is 2.70. The summed E-state index contributed by atoms with van der Waals surface area (Å²) in [6, 6.07) is 11.7. The zero-order valence-corrected chi connectivity index (χ0v) is 17.8. The van der Waals surface area contributed by atoms with E-state index in [1.54, 1.807) is 14.2 Å². The Morgan fingerprint density at radius 2 is 1.87 bits per heavy atom. The van der Waals surface area contributed by atoms with Crippen molar-refractivity contribution >= 4 is 5.91 Å². The van der Waals surface area contributed by atoms with Crippen LogP contribution in [0.2, 0.25) is 0 Å². The Labute approximate surface area is 177 Å². The van der Waals surface area contributed by atoms with Crippen LogP contribution in [0.4, 0.5) is 0 Å². The van der Waals surface area contributed by atoms with Gasteiger partial charge in [0.05, 0.1) is 39.9 Å². The lowest BCUT2D eigenvalue weighted by Gasteiger charge is -2.44. The normalized spacial score (nSPS) is 19.5. The second kappa shape index (κ2) is 8.56. The van der Waals surface area contributed by atoms with Gasteiger partial charge in [0.2, 0.25) is 5.91 Å². The number of carbonyl (C=O) groups excluding carboxylic acids is 1. The maximum atomic E-state index is 13.0. The first-order valence-electron chi connectivity index (χ1n) is 10.4. The third kappa shape index (κ3) is 4.24. The summed E-state index contributed by atoms with van der Waals surface area (Å²) in [5.74, 6) is 2.11. The fraction of sp³-hybridized carbons (Fsp3) is 0.458. The highest BCUT2D eigenvalue weighted by atomic mass is 16.5. The van der Waals surface area contributed by atoms with Gasteiger partial charge in [-0.2, -0.15) is 0 Å². The minimum absolute atomic E-state index is 0.0243. The molecule has 1 saturated heterocycles. The van der Waals surface area contributed by atoms with Gasteiger partial charge in [-0.15, -0.1) is 0 Å². The predicted octanol–water partition coefficient (Wildman–Crippen LogP) is 3.74. The van der Waals surface area contributed by atoms with Crippen molar-refractivity contribution in [1.82, 2.24) is 5.32 Å². The molecule has 2 aromatic carbocycles.